The number of halogens is 49. The van der Waals surface area contributed by atoms with Gasteiger partial charge in [-0.1, -0.05) is 749 Å². The number of hydrogen-bond acceptors (Lipinski definition) is 3. The van der Waals surface area contributed by atoms with E-state index < -0.39 is 88.1 Å². The summed E-state index contributed by atoms with van der Waals surface area (Å²) < 4.78 is -5.82. The summed E-state index contributed by atoms with van der Waals surface area (Å²) in [7, 11) is 0. The predicted molar refractivity (Wildman–Crippen MR) is 513 cm³/mol. The van der Waals surface area contributed by atoms with Crippen molar-refractivity contribution in [3.8, 4) is 0 Å². The van der Waals surface area contributed by atoms with Crippen molar-refractivity contribution >= 4 is 792 Å². The third-order valence-corrected chi connectivity index (χ3v) is 116. The summed E-state index contributed by atoms with van der Waals surface area (Å²) in [6.45, 7) is 0. The lowest BCUT2D eigenvalue weighted by Crippen LogP contribution is -2.75. The second-order valence-corrected chi connectivity index (χ2v) is 100. The highest BCUT2D eigenvalue weighted by atomic mass is 80.0. The minimum absolute atomic E-state index is 0.962. The van der Waals surface area contributed by atoms with Gasteiger partial charge in [0.2, 0.25) is 3.42 Å². The topological polar surface area (TPSA) is 49.4 Å². The van der Waals surface area contributed by atoms with Gasteiger partial charge in [0.05, 0.1) is 11.4 Å². The molecule has 0 saturated carbocycles. The lowest BCUT2D eigenvalue weighted by atomic mass is 10.00. The summed E-state index contributed by atoms with van der Waals surface area (Å²) in [4.78, 5) is 0. The van der Waals surface area contributed by atoms with Gasteiger partial charge in [-0.25, -0.2) is 4.21 Å². The van der Waals surface area contributed by atoms with Crippen molar-refractivity contribution in [3.05, 3.63) is 0 Å². The fourth-order valence-corrected chi connectivity index (χ4v) is 56.1. The molecular formula is C24Br49O3S-. The van der Waals surface area contributed by atoms with Crippen LogP contribution in [0, 0.1) is 0 Å². The molecule has 0 radical (unpaired) electrons. The molecule has 0 aromatic heterocycles. The summed E-state index contributed by atoms with van der Waals surface area (Å²) >= 11 is 189. The Balaban J connectivity index is 8.19. The zero-order valence-electron chi connectivity index (χ0n) is 32.2. The quantitative estimate of drug-likeness (QED) is 0.0715. The third-order valence-electron chi connectivity index (χ3n) is 9.18. The maximum Gasteiger partial charge on any atom is 0.219 e. The first-order chi connectivity index (χ1) is 32.2. The van der Waals surface area contributed by atoms with Gasteiger partial charge in [0.25, 0.3) is 0 Å². The Kier molecular flexibility index (Phi) is 42.9. The summed E-state index contributed by atoms with van der Waals surface area (Å²) in [6.07, 6.45) is 0. The second kappa shape index (κ2) is 32.9. The molecule has 0 aliphatic rings. The third kappa shape index (κ3) is 17.1. The van der Waals surface area contributed by atoms with Crippen LogP contribution < -0.4 is 0 Å². The number of rotatable bonds is 24. The van der Waals surface area contributed by atoms with Gasteiger partial charge in [-0.05, 0) is 31.9 Å². The Bertz CT molecular complexity index is 2170. The molecule has 0 heterocycles. The van der Waals surface area contributed by atoms with E-state index in [1.165, 1.54) is 0 Å². The van der Waals surface area contributed by atoms with E-state index in [0.717, 1.165) is 0 Å². The number of alkyl halides is 49. The van der Waals surface area contributed by atoms with E-state index in [2.05, 4.69) is 781 Å². The Hall–Kier alpha value is 23.6. The molecule has 1 unspecified atom stereocenters. The van der Waals surface area contributed by atoms with E-state index in [9.17, 15) is 8.76 Å². The van der Waals surface area contributed by atoms with Crippen molar-refractivity contribution in [1.29, 1.82) is 0 Å². The maximum atomic E-state index is 11.8. The number of hydrogen-bond donors (Lipinski definition) is 0. The van der Waals surface area contributed by atoms with Gasteiger partial charge in [0.15, 0.2) is 5.38 Å². The van der Waals surface area contributed by atoms with Gasteiger partial charge in [-0.3, -0.25) is 4.18 Å². The highest BCUT2D eigenvalue weighted by Gasteiger charge is 2.86. The van der Waals surface area contributed by atoms with Gasteiger partial charge in [-0.15, -0.1) is 0 Å². The van der Waals surface area contributed by atoms with Crippen molar-refractivity contribution in [2.75, 3.05) is 0 Å². The van der Waals surface area contributed by atoms with Crippen LogP contribution in [0.15, 0.2) is 0 Å². The second-order valence-electron chi connectivity index (χ2n) is 13.9. The highest BCUT2D eigenvalue weighted by Crippen LogP contribution is 2.86. The van der Waals surface area contributed by atoms with Crippen LogP contribution in [-0.2, 0) is 15.5 Å². The zero-order valence-corrected chi connectivity index (χ0v) is 111. The molecular weight excluding hydrogens is 4280 g/mol. The molecule has 0 N–H and O–H groups in total. The van der Waals surface area contributed by atoms with Crippen LogP contribution in [0.3, 0.4) is 0 Å². The Morgan fingerprint density at radius 1 is 0.182 bits per heavy atom. The lowest BCUT2D eigenvalue weighted by molar-refractivity contribution is 0.247. The van der Waals surface area contributed by atoms with Crippen molar-refractivity contribution in [2.24, 2.45) is 0 Å². The first kappa shape index (κ1) is 101. The molecule has 0 bridgehead atoms. The molecule has 0 fully saturated rings. The van der Waals surface area contributed by atoms with Gasteiger partial charge < -0.3 is 4.55 Å². The standard InChI is InChI=1S/C24HBr49O3S/c25-1(26,3(29,30)5(33,34)7(37,38)9(41,42)11(45,46)13(49,50)15(53,54)17(57,58)19(61,62)21(65,66)23(69,70)71)2(27,28)4(31,32)6(35,36)8(39,40)10(43,44)12(47,48)14(51,52)16(55,56)18(59,60)20(63,64)22(67,68)24(72,73)76-77(74)75/h(H,74,75)/p-1. The van der Waals surface area contributed by atoms with Gasteiger partial charge in [-0.2, -0.15) is 0 Å². The van der Waals surface area contributed by atoms with Crippen LogP contribution in [0.4, 0.5) is 0 Å². The average molecular weight is 4280 g/mol. The molecule has 0 amide bonds. The van der Waals surface area contributed by atoms with E-state index in [1.807, 2.05) is 0 Å². The van der Waals surface area contributed by atoms with E-state index in [0.29, 0.717) is 0 Å². The lowest BCUT2D eigenvalue weighted by Gasteiger charge is -2.63. The van der Waals surface area contributed by atoms with E-state index in [4.69, 9.17) is 4.18 Å². The molecule has 1 atom stereocenters. The van der Waals surface area contributed by atoms with Gasteiger partial charge >= 0.3 is 0 Å². The first-order valence-corrected chi connectivity index (χ1v) is 55.6. The normalized spacial score (nSPS) is 17.8. The van der Waals surface area contributed by atoms with Crippen LogP contribution in [0.1, 0.15) is 0 Å². The predicted octanol–water partition coefficient (Wildman–Crippen LogP) is 35.8. The minimum atomic E-state index is -3.00. The van der Waals surface area contributed by atoms with E-state index in [-0.39, 0.29) is 0 Å². The Labute approximate surface area is 858 Å². The van der Waals surface area contributed by atoms with Gasteiger partial charge in [0.1, 0.15) is 67.9 Å². The molecule has 0 saturated heterocycles. The molecule has 77 heavy (non-hydrogen) atoms. The van der Waals surface area contributed by atoms with Crippen LogP contribution in [0.25, 0.3) is 0 Å². The van der Waals surface area contributed by atoms with Gasteiger partial charge in [0, 0.05) is 0 Å². The Morgan fingerprint density at radius 3 is 0.364 bits per heavy atom. The summed E-state index contributed by atoms with van der Waals surface area (Å²) in [5, 5.41) is 0. The molecule has 0 aromatic carbocycles. The van der Waals surface area contributed by atoms with Crippen molar-refractivity contribution in [1.82, 2.24) is 0 Å². The van der Waals surface area contributed by atoms with Crippen LogP contribution in [0.2, 0.25) is 0 Å². The summed E-state index contributed by atoms with van der Waals surface area (Å²) in [5.74, 6) is 0. The fraction of sp³-hybridized carbons (Fsp3) is 1.00. The Morgan fingerprint density at radius 2 is 0.273 bits per heavy atom. The molecule has 0 spiro atoms. The maximum absolute atomic E-state index is 11.8. The smallest absolute Gasteiger partial charge is 0.219 e. The molecule has 0 aliphatic carbocycles. The molecule has 3 nitrogen and oxygen atoms in total. The van der Waals surface area contributed by atoms with Crippen molar-refractivity contribution in [3.63, 3.8) is 0 Å². The summed E-state index contributed by atoms with van der Waals surface area (Å²) in [6, 6.07) is 0. The van der Waals surface area contributed by atoms with Crippen molar-refractivity contribution in [2.45, 2.75) is 76.7 Å². The van der Waals surface area contributed by atoms with Crippen molar-refractivity contribution < 1.29 is 12.9 Å². The molecule has 0 aromatic rings. The fourth-order valence-electron chi connectivity index (χ4n) is 4.44. The van der Waals surface area contributed by atoms with E-state index >= 15 is 0 Å². The highest BCUT2D eigenvalue weighted by molar-refractivity contribution is 9.44. The first-order valence-electron chi connectivity index (χ1n) is 15.7. The summed E-state index contributed by atoms with van der Waals surface area (Å²) in [5.41, 5.74) is 0. The SMILES string of the molecule is O=S([O-])OC(Br)(Br)C(Br)(Br)C(Br)(Br)C(Br)(Br)C(Br)(Br)C(Br)(Br)C(Br)(Br)C(Br)(Br)C(Br)(Br)C(Br)(Br)C(Br)(Br)C(Br)(Br)C(Br)(Br)C(Br)(Br)C(Br)(Br)C(Br)(Br)C(Br)(Br)C(Br)(Br)C(Br)(Br)C(Br)(Br)C(Br)(Br)C(Br)(Br)C(Br)(Br)C(Br)(Br)Br. The van der Waals surface area contributed by atoms with Crippen LogP contribution in [-0.4, -0.2) is 85.5 Å². The minimum Gasteiger partial charge on any atom is -0.750 e. The van der Waals surface area contributed by atoms with Crippen LogP contribution in [0.5, 0.6) is 0 Å². The molecule has 464 valence electrons. The molecule has 53 heteroatoms. The monoisotopic (exact) mass is 4230 g/mol. The molecule has 0 aliphatic heterocycles. The van der Waals surface area contributed by atoms with E-state index in [1.54, 1.807) is 0 Å². The zero-order chi connectivity index (χ0) is 64.3. The van der Waals surface area contributed by atoms with Crippen LogP contribution >= 0.6 is 781 Å². The molecule has 0 rings (SSSR count). The average Bonchev–Trinajstić information content (AvgIpc) is 3.17. The largest absolute Gasteiger partial charge is 0.750 e.